The maximum Gasteiger partial charge on any atom is 0.229 e. The third-order valence-corrected chi connectivity index (χ3v) is 3.53. The van der Waals surface area contributed by atoms with Crippen LogP contribution in [0.4, 0.5) is 0 Å². The highest BCUT2D eigenvalue weighted by atomic mass is 32.2. The summed E-state index contributed by atoms with van der Waals surface area (Å²) in [6.07, 6.45) is 2.27. The van der Waals surface area contributed by atoms with Crippen LogP contribution < -0.4 is 5.73 Å². The molecule has 0 radical (unpaired) electrons. The molecule has 0 amide bonds. The number of hydrogen-bond acceptors (Lipinski definition) is 6. The summed E-state index contributed by atoms with van der Waals surface area (Å²) in [7, 11) is 0. The number of nitrogens with two attached hydrogens (primary N) is 1. The highest BCUT2D eigenvalue weighted by molar-refractivity contribution is 7.98. The number of thioether (sulfide) groups is 1. The Balaban J connectivity index is 2.16. The van der Waals surface area contributed by atoms with E-state index >= 15 is 0 Å². The minimum atomic E-state index is -1.02. The zero-order valence-corrected chi connectivity index (χ0v) is 11.8. The van der Waals surface area contributed by atoms with Gasteiger partial charge in [0.15, 0.2) is 0 Å². The quantitative estimate of drug-likeness (QED) is 0.810. The number of aliphatic hydroxyl groups is 1. The van der Waals surface area contributed by atoms with E-state index in [4.69, 9.17) is 10.3 Å². The van der Waals surface area contributed by atoms with Gasteiger partial charge in [0.1, 0.15) is 0 Å². The van der Waals surface area contributed by atoms with Gasteiger partial charge in [0.05, 0.1) is 12.0 Å². The fourth-order valence-corrected chi connectivity index (χ4v) is 1.99. The molecule has 0 aliphatic heterocycles. The SMILES string of the molecule is CSc1ccc(-c2noc(CC(C)(O)CN)n2)cc1. The molecule has 3 N–H and O–H groups in total. The van der Waals surface area contributed by atoms with Crippen molar-refractivity contribution in [1.82, 2.24) is 10.1 Å². The lowest BCUT2D eigenvalue weighted by Gasteiger charge is -2.17. The van der Waals surface area contributed by atoms with Crippen molar-refractivity contribution in [3.8, 4) is 11.4 Å². The van der Waals surface area contributed by atoms with Gasteiger partial charge >= 0.3 is 0 Å². The molecule has 102 valence electrons. The number of aromatic nitrogens is 2. The van der Waals surface area contributed by atoms with E-state index in [0.717, 1.165) is 5.56 Å². The minimum Gasteiger partial charge on any atom is -0.388 e. The molecule has 0 fully saturated rings. The Morgan fingerprint density at radius 1 is 1.37 bits per heavy atom. The van der Waals surface area contributed by atoms with Gasteiger partial charge in [-0.1, -0.05) is 5.16 Å². The largest absolute Gasteiger partial charge is 0.388 e. The molecular formula is C13H17N3O2S. The van der Waals surface area contributed by atoms with E-state index in [1.165, 1.54) is 4.90 Å². The molecule has 0 saturated heterocycles. The van der Waals surface area contributed by atoms with Crippen molar-refractivity contribution in [2.75, 3.05) is 12.8 Å². The van der Waals surface area contributed by atoms with Crippen LogP contribution in [0.2, 0.25) is 0 Å². The van der Waals surface area contributed by atoms with Crippen LogP contribution in [0.3, 0.4) is 0 Å². The molecule has 6 heteroatoms. The van der Waals surface area contributed by atoms with Crippen molar-refractivity contribution in [3.63, 3.8) is 0 Å². The average molecular weight is 279 g/mol. The maximum atomic E-state index is 9.87. The molecular weight excluding hydrogens is 262 g/mol. The van der Waals surface area contributed by atoms with Crippen molar-refractivity contribution < 1.29 is 9.63 Å². The molecule has 19 heavy (non-hydrogen) atoms. The Morgan fingerprint density at radius 3 is 2.63 bits per heavy atom. The first-order valence-corrected chi connectivity index (χ1v) is 7.16. The molecule has 0 spiro atoms. The molecule has 0 aliphatic rings. The van der Waals surface area contributed by atoms with Crippen molar-refractivity contribution in [2.24, 2.45) is 5.73 Å². The lowest BCUT2D eigenvalue weighted by molar-refractivity contribution is 0.0610. The summed E-state index contributed by atoms with van der Waals surface area (Å²) in [6, 6.07) is 7.90. The van der Waals surface area contributed by atoms with E-state index in [1.807, 2.05) is 30.5 Å². The highest BCUT2D eigenvalue weighted by Gasteiger charge is 2.22. The second-order valence-electron chi connectivity index (χ2n) is 4.62. The van der Waals surface area contributed by atoms with Crippen LogP contribution in [0.1, 0.15) is 12.8 Å². The average Bonchev–Trinajstić information content (AvgIpc) is 2.86. The summed E-state index contributed by atoms with van der Waals surface area (Å²) in [5.74, 6) is 0.912. The van der Waals surface area contributed by atoms with Crippen LogP contribution in [0.25, 0.3) is 11.4 Å². The van der Waals surface area contributed by atoms with Gasteiger partial charge in [-0.25, -0.2) is 0 Å². The third-order valence-electron chi connectivity index (χ3n) is 2.79. The predicted molar refractivity (Wildman–Crippen MR) is 74.9 cm³/mol. The lowest BCUT2D eigenvalue weighted by Crippen LogP contribution is -2.36. The second kappa shape index (κ2) is 5.73. The standard InChI is InChI=1S/C13H17N3O2S/c1-13(17,8-14)7-11-15-12(16-18-11)9-3-5-10(19-2)6-4-9/h3-6,17H,7-8,14H2,1-2H3. The molecule has 1 unspecified atom stereocenters. The highest BCUT2D eigenvalue weighted by Crippen LogP contribution is 2.21. The van der Waals surface area contributed by atoms with Crippen molar-refractivity contribution in [2.45, 2.75) is 23.8 Å². The van der Waals surface area contributed by atoms with E-state index in [2.05, 4.69) is 10.1 Å². The normalized spacial score (nSPS) is 14.3. The number of benzene rings is 1. The topological polar surface area (TPSA) is 85.2 Å². The second-order valence-corrected chi connectivity index (χ2v) is 5.50. The van der Waals surface area contributed by atoms with Gasteiger partial charge in [-0.2, -0.15) is 4.98 Å². The van der Waals surface area contributed by atoms with Crippen LogP contribution in [-0.4, -0.2) is 33.6 Å². The van der Waals surface area contributed by atoms with Crippen LogP contribution >= 0.6 is 11.8 Å². The smallest absolute Gasteiger partial charge is 0.229 e. The molecule has 2 rings (SSSR count). The summed E-state index contributed by atoms with van der Waals surface area (Å²) in [4.78, 5) is 5.45. The molecule has 2 aromatic rings. The van der Waals surface area contributed by atoms with Crippen LogP contribution in [0.5, 0.6) is 0 Å². The van der Waals surface area contributed by atoms with E-state index < -0.39 is 5.60 Å². The molecule has 1 aromatic carbocycles. The Kier molecular flexibility index (Phi) is 4.24. The van der Waals surface area contributed by atoms with Crippen molar-refractivity contribution in [3.05, 3.63) is 30.2 Å². The summed E-state index contributed by atoms with van der Waals surface area (Å²) in [5, 5.41) is 13.8. The fourth-order valence-electron chi connectivity index (χ4n) is 1.58. The number of rotatable bonds is 5. The molecule has 5 nitrogen and oxygen atoms in total. The maximum absolute atomic E-state index is 9.87. The number of hydrogen-bond donors (Lipinski definition) is 2. The molecule has 0 aliphatic carbocycles. The predicted octanol–water partition coefficient (Wildman–Crippen LogP) is 1.71. The number of nitrogens with zero attached hydrogens (tertiary/aromatic N) is 2. The Morgan fingerprint density at radius 2 is 2.05 bits per heavy atom. The van der Waals surface area contributed by atoms with E-state index in [-0.39, 0.29) is 13.0 Å². The van der Waals surface area contributed by atoms with E-state index in [9.17, 15) is 5.11 Å². The van der Waals surface area contributed by atoms with Gasteiger partial charge in [0.25, 0.3) is 0 Å². The van der Waals surface area contributed by atoms with Gasteiger partial charge < -0.3 is 15.4 Å². The first-order chi connectivity index (χ1) is 9.04. The molecule has 1 atom stereocenters. The molecule has 1 heterocycles. The Labute approximate surface area is 116 Å². The summed E-state index contributed by atoms with van der Waals surface area (Å²) in [5.41, 5.74) is 5.33. The lowest BCUT2D eigenvalue weighted by atomic mass is 10.0. The van der Waals surface area contributed by atoms with Gasteiger partial charge in [-0.15, -0.1) is 11.8 Å². The molecule has 0 bridgehead atoms. The fraction of sp³-hybridized carbons (Fsp3) is 0.385. The first kappa shape index (κ1) is 14.0. The van der Waals surface area contributed by atoms with Crippen LogP contribution in [-0.2, 0) is 6.42 Å². The van der Waals surface area contributed by atoms with Gasteiger partial charge in [-0.3, -0.25) is 0 Å². The van der Waals surface area contributed by atoms with Crippen molar-refractivity contribution >= 4 is 11.8 Å². The summed E-state index contributed by atoms with van der Waals surface area (Å²) in [6.45, 7) is 1.79. The monoisotopic (exact) mass is 279 g/mol. The molecule has 1 aromatic heterocycles. The zero-order valence-electron chi connectivity index (χ0n) is 11.0. The summed E-state index contributed by atoms with van der Waals surface area (Å²) >= 11 is 1.68. The van der Waals surface area contributed by atoms with Gasteiger partial charge in [-0.05, 0) is 37.4 Å². The van der Waals surface area contributed by atoms with Crippen molar-refractivity contribution in [1.29, 1.82) is 0 Å². The van der Waals surface area contributed by atoms with Crippen LogP contribution in [0, 0.1) is 0 Å². The van der Waals surface area contributed by atoms with E-state index in [0.29, 0.717) is 11.7 Å². The minimum absolute atomic E-state index is 0.146. The summed E-state index contributed by atoms with van der Waals surface area (Å²) < 4.78 is 5.13. The molecule has 0 saturated carbocycles. The third kappa shape index (κ3) is 3.56. The Hall–Kier alpha value is -1.37. The van der Waals surface area contributed by atoms with E-state index in [1.54, 1.807) is 18.7 Å². The van der Waals surface area contributed by atoms with Gasteiger partial charge in [0, 0.05) is 17.0 Å². The first-order valence-electron chi connectivity index (χ1n) is 5.93. The van der Waals surface area contributed by atoms with Crippen LogP contribution in [0.15, 0.2) is 33.7 Å². The Bertz CT molecular complexity index is 537. The van der Waals surface area contributed by atoms with Gasteiger partial charge in [0.2, 0.25) is 11.7 Å². The zero-order chi connectivity index (χ0) is 13.9.